The molecule has 0 amide bonds. The van der Waals surface area contributed by atoms with Gasteiger partial charge in [-0.05, 0) is 25.8 Å². The van der Waals surface area contributed by atoms with Gasteiger partial charge in [0.15, 0.2) is 0 Å². The molecule has 0 aromatic carbocycles. The van der Waals surface area contributed by atoms with E-state index in [-0.39, 0.29) is 6.04 Å². The topological polar surface area (TPSA) is 49.4 Å². The van der Waals surface area contributed by atoms with Gasteiger partial charge in [0.2, 0.25) is 10.0 Å². The number of hydrogen-bond donors (Lipinski definition) is 1. The second-order valence-electron chi connectivity index (χ2n) is 3.87. The van der Waals surface area contributed by atoms with Crippen LogP contribution in [0, 0.1) is 0 Å². The van der Waals surface area contributed by atoms with E-state index in [0.29, 0.717) is 6.54 Å². The Morgan fingerprint density at radius 3 is 2.64 bits per heavy atom. The van der Waals surface area contributed by atoms with E-state index >= 15 is 0 Å². The summed E-state index contributed by atoms with van der Waals surface area (Å²) in [5.74, 6) is 0. The molecular weight excluding hydrogens is 200 g/mol. The minimum Gasteiger partial charge on any atom is -0.315 e. The van der Waals surface area contributed by atoms with E-state index in [1.54, 1.807) is 4.31 Å². The first-order valence-electron chi connectivity index (χ1n) is 5.23. The van der Waals surface area contributed by atoms with Crippen LogP contribution in [0.15, 0.2) is 0 Å². The number of rotatable bonds is 4. The molecule has 5 heteroatoms. The summed E-state index contributed by atoms with van der Waals surface area (Å²) in [7, 11) is -3.03. The Balaban J connectivity index is 2.66. The van der Waals surface area contributed by atoms with Gasteiger partial charge >= 0.3 is 0 Å². The third-order valence-electron chi connectivity index (χ3n) is 2.55. The molecule has 0 aliphatic carbocycles. The van der Waals surface area contributed by atoms with Crippen molar-refractivity contribution in [3.8, 4) is 0 Å². The van der Waals surface area contributed by atoms with Crippen LogP contribution in [0.5, 0.6) is 0 Å². The van der Waals surface area contributed by atoms with Gasteiger partial charge in [-0.1, -0.05) is 6.92 Å². The zero-order valence-electron chi connectivity index (χ0n) is 8.99. The van der Waals surface area contributed by atoms with Crippen LogP contribution in [0.2, 0.25) is 0 Å². The van der Waals surface area contributed by atoms with Crippen LogP contribution in [-0.2, 0) is 10.0 Å². The van der Waals surface area contributed by atoms with E-state index in [0.717, 1.165) is 32.4 Å². The van der Waals surface area contributed by atoms with E-state index in [9.17, 15) is 8.42 Å². The SMILES string of the molecule is CCCN(C1CCCNC1)S(C)(=O)=O. The lowest BCUT2D eigenvalue weighted by molar-refractivity contribution is 0.267. The van der Waals surface area contributed by atoms with Crippen molar-refractivity contribution in [2.45, 2.75) is 32.2 Å². The van der Waals surface area contributed by atoms with E-state index in [2.05, 4.69) is 5.32 Å². The lowest BCUT2D eigenvalue weighted by Crippen LogP contribution is -2.48. The largest absolute Gasteiger partial charge is 0.315 e. The van der Waals surface area contributed by atoms with Crippen molar-refractivity contribution >= 4 is 10.0 Å². The summed E-state index contributed by atoms with van der Waals surface area (Å²) in [6, 6.07) is 0.165. The third-order valence-corrected chi connectivity index (χ3v) is 3.88. The van der Waals surface area contributed by atoms with Crippen molar-refractivity contribution in [2.24, 2.45) is 0 Å². The van der Waals surface area contributed by atoms with Crippen molar-refractivity contribution in [3.63, 3.8) is 0 Å². The quantitative estimate of drug-likeness (QED) is 0.746. The van der Waals surface area contributed by atoms with Gasteiger partial charge in [-0.15, -0.1) is 0 Å². The Morgan fingerprint density at radius 2 is 2.21 bits per heavy atom. The molecule has 1 saturated heterocycles. The molecule has 0 aromatic heterocycles. The average molecular weight is 220 g/mol. The van der Waals surface area contributed by atoms with Crippen LogP contribution >= 0.6 is 0 Å². The maximum absolute atomic E-state index is 11.5. The monoisotopic (exact) mass is 220 g/mol. The summed E-state index contributed by atoms with van der Waals surface area (Å²) in [6.45, 7) is 4.47. The van der Waals surface area contributed by atoms with Crippen molar-refractivity contribution < 1.29 is 8.42 Å². The van der Waals surface area contributed by atoms with E-state index in [1.807, 2.05) is 6.92 Å². The molecule has 1 aliphatic heterocycles. The minimum atomic E-state index is -3.03. The third kappa shape index (κ3) is 3.22. The van der Waals surface area contributed by atoms with Crippen molar-refractivity contribution in [1.29, 1.82) is 0 Å². The van der Waals surface area contributed by atoms with E-state index in [4.69, 9.17) is 0 Å². The summed E-state index contributed by atoms with van der Waals surface area (Å²) in [4.78, 5) is 0. The van der Waals surface area contributed by atoms with Gasteiger partial charge in [0, 0.05) is 19.1 Å². The first-order chi connectivity index (χ1) is 6.55. The summed E-state index contributed by atoms with van der Waals surface area (Å²) in [5.41, 5.74) is 0. The molecule has 0 aromatic rings. The van der Waals surface area contributed by atoms with Gasteiger partial charge in [-0.3, -0.25) is 0 Å². The number of hydrogen-bond acceptors (Lipinski definition) is 3. The van der Waals surface area contributed by atoms with Crippen LogP contribution < -0.4 is 5.32 Å². The Bertz CT molecular complexity index is 258. The molecular formula is C9H20N2O2S. The fourth-order valence-corrected chi connectivity index (χ4v) is 3.15. The van der Waals surface area contributed by atoms with Crippen LogP contribution in [-0.4, -0.2) is 44.7 Å². The number of piperidine rings is 1. The van der Waals surface area contributed by atoms with Crippen LogP contribution in [0.4, 0.5) is 0 Å². The minimum absolute atomic E-state index is 0.165. The van der Waals surface area contributed by atoms with Gasteiger partial charge in [-0.25, -0.2) is 8.42 Å². The molecule has 1 aliphatic rings. The summed E-state index contributed by atoms with van der Waals surface area (Å²) >= 11 is 0. The lowest BCUT2D eigenvalue weighted by Gasteiger charge is -2.32. The maximum Gasteiger partial charge on any atom is 0.211 e. The number of nitrogens with zero attached hydrogens (tertiary/aromatic N) is 1. The standard InChI is InChI=1S/C9H20N2O2S/c1-3-7-11(14(2,12)13)9-5-4-6-10-8-9/h9-10H,3-8H2,1-2H3. The van der Waals surface area contributed by atoms with Crippen LogP contribution in [0.25, 0.3) is 0 Å². The van der Waals surface area contributed by atoms with Crippen molar-refractivity contribution in [3.05, 3.63) is 0 Å². The van der Waals surface area contributed by atoms with Crippen molar-refractivity contribution in [1.82, 2.24) is 9.62 Å². The first-order valence-corrected chi connectivity index (χ1v) is 7.08. The van der Waals surface area contributed by atoms with Gasteiger partial charge in [0.25, 0.3) is 0 Å². The average Bonchev–Trinajstić information content (AvgIpc) is 2.14. The van der Waals surface area contributed by atoms with Gasteiger partial charge in [0.05, 0.1) is 6.26 Å². The molecule has 1 fully saturated rings. The molecule has 0 radical (unpaired) electrons. The Hall–Kier alpha value is -0.130. The predicted molar refractivity (Wildman–Crippen MR) is 57.7 cm³/mol. The van der Waals surface area contributed by atoms with E-state index in [1.165, 1.54) is 6.26 Å². The maximum atomic E-state index is 11.5. The van der Waals surface area contributed by atoms with E-state index < -0.39 is 10.0 Å². The molecule has 14 heavy (non-hydrogen) atoms. The fraction of sp³-hybridized carbons (Fsp3) is 1.00. The second kappa shape index (κ2) is 5.09. The molecule has 0 bridgehead atoms. The highest BCUT2D eigenvalue weighted by Crippen LogP contribution is 2.14. The van der Waals surface area contributed by atoms with Crippen LogP contribution in [0.1, 0.15) is 26.2 Å². The molecule has 1 unspecified atom stereocenters. The molecule has 1 rings (SSSR count). The highest BCUT2D eigenvalue weighted by molar-refractivity contribution is 7.88. The molecule has 1 N–H and O–H groups in total. The highest BCUT2D eigenvalue weighted by atomic mass is 32.2. The summed E-state index contributed by atoms with van der Waals surface area (Å²) in [6.07, 6.45) is 4.24. The van der Waals surface area contributed by atoms with Gasteiger partial charge in [-0.2, -0.15) is 4.31 Å². The van der Waals surface area contributed by atoms with Gasteiger partial charge < -0.3 is 5.32 Å². The lowest BCUT2D eigenvalue weighted by atomic mass is 10.1. The Morgan fingerprint density at radius 1 is 1.50 bits per heavy atom. The zero-order valence-corrected chi connectivity index (χ0v) is 9.81. The summed E-state index contributed by atoms with van der Waals surface area (Å²) in [5, 5.41) is 3.24. The van der Waals surface area contributed by atoms with Crippen LogP contribution in [0.3, 0.4) is 0 Å². The first kappa shape index (κ1) is 11.9. The molecule has 0 spiro atoms. The highest BCUT2D eigenvalue weighted by Gasteiger charge is 2.26. The second-order valence-corrected chi connectivity index (χ2v) is 5.81. The number of nitrogens with one attached hydrogen (secondary N) is 1. The molecule has 84 valence electrons. The zero-order chi connectivity index (χ0) is 10.6. The predicted octanol–water partition coefficient (Wildman–Crippen LogP) is 0.410. The molecule has 1 heterocycles. The molecule has 1 atom stereocenters. The summed E-state index contributed by atoms with van der Waals surface area (Å²) < 4.78 is 24.7. The molecule has 0 saturated carbocycles. The Labute approximate surface area is 86.7 Å². The van der Waals surface area contributed by atoms with Crippen molar-refractivity contribution in [2.75, 3.05) is 25.9 Å². The normalized spacial score (nSPS) is 24.1. The number of sulfonamides is 1. The Kier molecular flexibility index (Phi) is 4.34. The molecule has 4 nitrogen and oxygen atoms in total. The fourth-order valence-electron chi connectivity index (χ4n) is 1.92. The van der Waals surface area contributed by atoms with Gasteiger partial charge in [0.1, 0.15) is 0 Å². The smallest absolute Gasteiger partial charge is 0.211 e.